The Morgan fingerprint density at radius 3 is 2.20 bits per heavy atom. The average Bonchev–Trinajstić information content (AvgIpc) is 3.30. The lowest BCUT2D eigenvalue weighted by Crippen LogP contribution is -2.25. The van der Waals surface area contributed by atoms with Crippen LogP contribution in [0.2, 0.25) is 0 Å². The Kier molecular flexibility index (Phi) is 6.96. The number of benzene rings is 4. The van der Waals surface area contributed by atoms with Gasteiger partial charge in [0, 0.05) is 35.5 Å². The van der Waals surface area contributed by atoms with Crippen molar-refractivity contribution in [3.8, 4) is 22.5 Å². The van der Waals surface area contributed by atoms with Crippen LogP contribution in [0.1, 0.15) is 17.3 Å². The predicted octanol–water partition coefficient (Wildman–Crippen LogP) is 6.91. The van der Waals surface area contributed by atoms with Crippen molar-refractivity contribution in [1.29, 1.82) is 0 Å². The van der Waals surface area contributed by atoms with Gasteiger partial charge in [-0.3, -0.25) is 4.79 Å². The van der Waals surface area contributed by atoms with Crippen LogP contribution in [-0.4, -0.2) is 27.8 Å². The number of hydrogen-bond donors (Lipinski definition) is 1. The molecule has 0 aliphatic carbocycles. The lowest BCUT2D eigenvalue weighted by atomic mass is 10.0. The zero-order valence-corrected chi connectivity index (χ0v) is 20.5. The van der Waals surface area contributed by atoms with E-state index < -0.39 is 0 Å². The molecule has 174 valence electrons. The fourth-order valence-electron chi connectivity index (χ4n) is 4.26. The Morgan fingerprint density at radius 2 is 1.49 bits per heavy atom. The Hall–Kier alpha value is -3.83. The summed E-state index contributed by atoms with van der Waals surface area (Å²) in [5, 5.41) is 6.23. The molecule has 4 aromatic carbocycles. The smallest absolute Gasteiger partial charge is 0.251 e. The van der Waals surface area contributed by atoms with Gasteiger partial charge in [-0.25, -0.2) is 4.98 Å². The average molecular weight is 478 g/mol. The van der Waals surface area contributed by atoms with E-state index in [1.807, 2.05) is 60.7 Å². The summed E-state index contributed by atoms with van der Waals surface area (Å²) in [5.74, 6) is 0.684. The van der Waals surface area contributed by atoms with Crippen LogP contribution >= 0.6 is 11.8 Å². The number of carbonyl (C=O) groups excluding carboxylic acids is 1. The van der Waals surface area contributed by atoms with E-state index in [4.69, 9.17) is 4.98 Å². The third-order valence-electron chi connectivity index (χ3n) is 5.97. The molecule has 0 aliphatic heterocycles. The van der Waals surface area contributed by atoms with Crippen LogP contribution in [0.5, 0.6) is 0 Å². The minimum Gasteiger partial charge on any atom is -0.351 e. The molecule has 1 aromatic heterocycles. The van der Waals surface area contributed by atoms with Gasteiger partial charge in [0.1, 0.15) is 0 Å². The first-order valence-corrected chi connectivity index (χ1v) is 12.8. The maximum atomic E-state index is 12.7. The van der Waals surface area contributed by atoms with Crippen molar-refractivity contribution in [3.63, 3.8) is 0 Å². The summed E-state index contributed by atoms with van der Waals surface area (Å²) in [6, 6.07) is 34.6. The number of amides is 1. The number of carbonyl (C=O) groups is 1. The fraction of sp³-hybridized carbons (Fsp3) is 0.133. The molecule has 4 nitrogen and oxygen atoms in total. The molecular formula is C30H27N3OS. The summed E-state index contributed by atoms with van der Waals surface area (Å²) in [5.41, 5.74) is 5.05. The van der Waals surface area contributed by atoms with Crippen molar-refractivity contribution in [2.24, 2.45) is 0 Å². The second kappa shape index (κ2) is 10.6. The van der Waals surface area contributed by atoms with E-state index in [1.54, 1.807) is 11.8 Å². The molecule has 1 N–H and O–H groups in total. The van der Waals surface area contributed by atoms with Gasteiger partial charge in [0.2, 0.25) is 0 Å². The number of thioether (sulfide) groups is 1. The standard InChI is InChI=1S/C30H27N3OS/c1-2-33-28(24-14-7-4-8-15-24)27(23-12-5-3-6-13-23)32-30(33)35-20-19-31-29(34)26-18-17-22-11-9-10-16-25(22)21-26/h3-18,21H,2,19-20H2,1H3,(H,31,34). The lowest BCUT2D eigenvalue weighted by molar-refractivity contribution is 0.0956. The minimum atomic E-state index is -0.0508. The third-order valence-corrected chi connectivity index (χ3v) is 6.95. The predicted molar refractivity (Wildman–Crippen MR) is 146 cm³/mol. The molecule has 5 aromatic rings. The molecule has 5 heteroatoms. The van der Waals surface area contributed by atoms with E-state index in [9.17, 15) is 4.79 Å². The number of imidazole rings is 1. The summed E-state index contributed by atoms with van der Waals surface area (Å²) in [4.78, 5) is 17.8. The summed E-state index contributed by atoms with van der Waals surface area (Å²) in [7, 11) is 0. The van der Waals surface area contributed by atoms with Gasteiger partial charge in [-0.2, -0.15) is 0 Å². The van der Waals surface area contributed by atoms with Crippen LogP contribution in [0, 0.1) is 0 Å². The highest BCUT2D eigenvalue weighted by Crippen LogP contribution is 2.35. The molecule has 0 aliphatic rings. The summed E-state index contributed by atoms with van der Waals surface area (Å²) >= 11 is 1.67. The molecule has 1 heterocycles. The van der Waals surface area contributed by atoms with E-state index in [-0.39, 0.29) is 5.91 Å². The Labute approximate surface area is 210 Å². The fourth-order valence-corrected chi connectivity index (χ4v) is 5.18. The van der Waals surface area contributed by atoms with Gasteiger partial charge in [-0.15, -0.1) is 0 Å². The maximum Gasteiger partial charge on any atom is 0.251 e. The largest absolute Gasteiger partial charge is 0.351 e. The molecule has 1 amide bonds. The quantitative estimate of drug-likeness (QED) is 0.195. The Morgan fingerprint density at radius 1 is 0.829 bits per heavy atom. The normalized spacial score (nSPS) is 11.0. The SMILES string of the molecule is CCn1c(SCCNC(=O)c2ccc3ccccc3c2)nc(-c2ccccc2)c1-c1ccccc1. The monoisotopic (exact) mass is 477 g/mol. The number of fused-ring (bicyclic) bond motifs is 1. The van der Waals surface area contributed by atoms with Gasteiger partial charge >= 0.3 is 0 Å². The van der Waals surface area contributed by atoms with Gasteiger partial charge in [0.25, 0.3) is 5.91 Å². The number of nitrogens with one attached hydrogen (secondary N) is 1. The first-order chi connectivity index (χ1) is 17.2. The van der Waals surface area contributed by atoms with Crippen molar-refractivity contribution in [2.75, 3.05) is 12.3 Å². The minimum absolute atomic E-state index is 0.0508. The second-order valence-electron chi connectivity index (χ2n) is 8.23. The second-order valence-corrected chi connectivity index (χ2v) is 9.30. The van der Waals surface area contributed by atoms with Crippen molar-refractivity contribution in [3.05, 3.63) is 109 Å². The highest BCUT2D eigenvalue weighted by atomic mass is 32.2. The van der Waals surface area contributed by atoms with Crippen molar-refractivity contribution in [1.82, 2.24) is 14.9 Å². The van der Waals surface area contributed by atoms with Crippen LogP contribution in [0.25, 0.3) is 33.3 Å². The molecule has 0 bridgehead atoms. The number of nitrogens with zero attached hydrogens (tertiary/aromatic N) is 2. The van der Waals surface area contributed by atoms with Crippen molar-refractivity contribution in [2.45, 2.75) is 18.6 Å². The molecule has 0 fully saturated rings. The number of rotatable bonds is 8. The molecule has 0 radical (unpaired) electrons. The van der Waals surface area contributed by atoms with Crippen LogP contribution in [0.3, 0.4) is 0 Å². The topological polar surface area (TPSA) is 46.9 Å². The van der Waals surface area contributed by atoms with Gasteiger partial charge in [-0.05, 0) is 29.8 Å². The van der Waals surface area contributed by atoms with Crippen LogP contribution < -0.4 is 5.32 Å². The molecular weight excluding hydrogens is 450 g/mol. The Bertz CT molecular complexity index is 1450. The number of aromatic nitrogens is 2. The highest BCUT2D eigenvalue weighted by molar-refractivity contribution is 7.99. The highest BCUT2D eigenvalue weighted by Gasteiger charge is 2.19. The van der Waals surface area contributed by atoms with E-state index in [1.165, 1.54) is 0 Å². The van der Waals surface area contributed by atoms with Crippen molar-refractivity contribution < 1.29 is 4.79 Å². The molecule has 5 rings (SSSR count). The summed E-state index contributed by atoms with van der Waals surface area (Å²) in [6.07, 6.45) is 0. The molecule has 0 saturated heterocycles. The van der Waals surface area contributed by atoms with E-state index in [2.05, 4.69) is 59.3 Å². The van der Waals surface area contributed by atoms with E-state index >= 15 is 0 Å². The molecule has 0 saturated carbocycles. The van der Waals surface area contributed by atoms with Gasteiger partial charge in [0.15, 0.2) is 5.16 Å². The molecule has 0 atom stereocenters. The van der Waals surface area contributed by atoms with Gasteiger partial charge < -0.3 is 9.88 Å². The van der Waals surface area contributed by atoms with Crippen LogP contribution in [0.15, 0.2) is 108 Å². The number of hydrogen-bond acceptors (Lipinski definition) is 3. The van der Waals surface area contributed by atoms with Crippen LogP contribution in [-0.2, 0) is 6.54 Å². The van der Waals surface area contributed by atoms with E-state index in [0.29, 0.717) is 12.1 Å². The maximum absolute atomic E-state index is 12.7. The summed E-state index contributed by atoms with van der Waals surface area (Å²) in [6.45, 7) is 3.53. The lowest BCUT2D eigenvalue weighted by Gasteiger charge is -2.11. The summed E-state index contributed by atoms with van der Waals surface area (Å²) < 4.78 is 2.27. The zero-order valence-electron chi connectivity index (χ0n) is 19.6. The molecule has 0 spiro atoms. The van der Waals surface area contributed by atoms with Crippen molar-refractivity contribution >= 4 is 28.4 Å². The Balaban J connectivity index is 1.32. The van der Waals surface area contributed by atoms with Gasteiger partial charge in [-0.1, -0.05) is 103 Å². The third kappa shape index (κ3) is 5.00. The molecule has 35 heavy (non-hydrogen) atoms. The van der Waals surface area contributed by atoms with Gasteiger partial charge in [0.05, 0.1) is 11.4 Å². The first-order valence-electron chi connectivity index (χ1n) is 11.9. The van der Waals surface area contributed by atoms with Crippen LogP contribution in [0.4, 0.5) is 0 Å². The zero-order chi connectivity index (χ0) is 24.0. The first kappa shape index (κ1) is 22.9. The molecule has 0 unspecified atom stereocenters. The van der Waals surface area contributed by atoms with E-state index in [0.717, 1.165) is 50.7 Å².